The minimum absolute atomic E-state index is 0.143. The molecule has 34 heavy (non-hydrogen) atoms. The second kappa shape index (κ2) is 13.3. The van der Waals surface area contributed by atoms with Gasteiger partial charge in [0.2, 0.25) is 11.8 Å². The third kappa shape index (κ3) is 7.96. The second-order valence-corrected chi connectivity index (χ2v) is 11.2. The van der Waals surface area contributed by atoms with Crippen LogP contribution >= 0.6 is 58.2 Å². The molecule has 0 aliphatic heterocycles. The van der Waals surface area contributed by atoms with Gasteiger partial charge in [-0.25, -0.2) is 0 Å². The van der Waals surface area contributed by atoms with Crippen molar-refractivity contribution in [3.63, 3.8) is 0 Å². The molecule has 0 radical (unpaired) electrons. The van der Waals surface area contributed by atoms with Crippen LogP contribution in [0, 0.1) is 0 Å². The van der Waals surface area contributed by atoms with Crippen molar-refractivity contribution >= 4 is 70.0 Å². The average Bonchev–Trinajstić information content (AvgIpc) is 2.80. The van der Waals surface area contributed by atoms with Crippen LogP contribution in [-0.4, -0.2) is 34.6 Å². The van der Waals surface area contributed by atoms with Gasteiger partial charge in [0.05, 0.1) is 5.75 Å². The maximum atomic E-state index is 13.3. The first-order valence-corrected chi connectivity index (χ1v) is 14.0. The first kappa shape index (κ1) is 27.5. The van der Waals surface area contributed by atoms with E-state index >= 15 is 0 Å². The number of benzene rings is 2. The van der Waals surface area contributed by atoms with E-state index in [4.69, 9.17) is 46.4 Å². The number of hydrogen-bond acceptors (Lipinski definition) is 3. The molecule has 1 fully saturated rings. The summed E-state index contributed by atoms with van der Waals surface area (Å²) in [5.74, 6) is 0.467. The predicted molar refractivity (Wildman–Crippen MR) is 144 cm³/mol. The fourth-order valence-electron chi connectivity index (χ4n) is 3.95. The van der Waals surface area contributed by atoms with Gasteiger partial charge in [-0.05, 0) is 55.2 Å². The molecule has 1 aliphatic carbocycles. The van der Waals surface area contributed by atoms with Crippen LogP contribution in [0.5, 0.6) is 0 Å². The molecule has 0 unspecified atom stereocenters. The molecule has 184 valence electrons. The molecule has 1 atom stereocenters. The van der Waals surface area contributed by atoms with Gasteiger partial charge in [0.25, 0.3) is 0 Å². The van der Waals surface area contributed by atoms with Gasteiger partial charge >= 0.3 is 0 Å². The molecule has 4 nitrogen and oxygen atoms in total. The number of thioether (sulfide) groups is 1. The summed E-state index contributed by atoms with van der Waals surface area (Å²) < 4.78 is 0. The normalized spacial score (nSPS) is 15.1. The molecule has 2 aromatic rings. The molecule has 2 aromatic carbocycles. The van der Waals surface area contributed by atoms with E-state index in [2.05, 4.69) is 5.32 Å². The van der Waals surface area contributed by atoms with Crippen LogP contribution in [0.3, 0.4) is 0 Å². The number of rotatable bonds is 9. The lowest BCUT2D eigenvalue weighted by Crippen LogP contribution is -2.50. The van der Waals surface area contributed by atoms with Gasteiger partial charge < -0.3 is 10.2 Å². The third-order valence-electron chi connectivity index (χ3n) is 5.97. The monoisotopic (exact) mass is 560 g/mol. The molecule has 0 bridgehead atoms. The van der Waals surface area contributed by atoms with E-state index in [1.54, 1.807) is 42.2 Å². The number of carbonyl (C=O) groups excluding carboxylic acids is 2. The number of nitrogens with zero attached hydrogens (tertiary/aromatic N) is 1. The largest absolute Gasteiger partial charge is 0.352 e. The first-order valence-electron chi connectivity index (χ1n) is 11.3. The Hall–Kier alpha value is -1.11. The van der Waals surface area contributed by atoms with Gasteiger partial charge in [-0.2, -0.15) is 0 Å². The second-order valence-electron chi connectivity index (χ2n) is 8.51. The van der Waals surface area contributed by atoms with Crippen molar-refractivity contribution < 1.29 is 9.59 Å². The Morgan fingerprint density at radius 2 is 1.56 bits per heavy atom. The zero-order valence-electron chi connectivity index (χ0n) is 19.0. The standard InChI is InChI=1S/C25H28Cl4N2O2S/c1-16(25(33)30-21-5-3-2-4-6-21)31(13-17-7-9-19(26)11-22(17)28)24(32)15-34-14-18-8-10-20(27)12-23(18)29/h7-12,16,21H,2-6,13-15H2,1H3,(H,30,33)/t16-/m0/s1. The van der Waals surface area contributed by atoms with Crippen molar-refractivity contribution in [1.29, 1.82) is 0 Å². The third-order valence-corrected chi connectivity index (χ3v) is 8.11. The quantitative estimate of drug-likeness (QED) is 0.347. The molecule has 1 saturated carbocycles. The number of carbonyl (C=O) groups is 2. The van der Waals surface area contributed by atoms with Crippen LogP contribution in [0.4, 0.5) is 0 Å². The van der Waals surface area contributed by atoms with E-state index in [-0.39, 0.29) is 30.2 Å². The number of nitrogens with one attached hydrogen (secondary N) is 1. The minimum Gasteiger partial charge on any atom is -0.352 e. The molecule has 1 aliphatic rings. The zero-order valence-corrected chi connectivity index (χ0v) is 22.8. The fraction of sp³-hybridized carbons (Fsp3) is 0.440. The maximum absolute atomic E-state index is 13.3. The van der Waals surface area contributed by atoms with Gasteiger partial charge in [0, 0.05) is 38.4 Å². The average molecular weight is 562 g/mol. The Morgan fingerprint density at radius 3 is 2.15 bits per heavy atom. The molecule has 0 aromatic heterocycles. The molecule has 2 amide bonds. The molecule has 3 rings (SSSR count). The Labute approximate surface area is 225 Å². The molecular weight excluding hydrogens is 534 g/mol. The number of halogens is 4. The topological polar surface area (TPSA) is 49.4 Å². The molecule has 0 heterocycles. The summed E-state index contributed by atoms with van der Waals surface area (Å²) in [6, 6.07) is 10.0. The SMILES string of the molecule is C[C@@H](C(=O)NC1CCCCC1)N(Cc1ccc(Cl)cc1Cl)C(=O)CSCc1ccc(Cl)cc1Cl. The van der Waals surface area contributed by atoms with Crippen LogP contribution in [-0.2, 0) is 21.9 Å². The Morgan fingerprint density at radius 1 is 0.971 bits per heavy atom. The van der Waals surface area contributed by atoms with Crippen LogP contribution < -0.4 is 5.32 Å². The van der Waals surface area contributed by atoms with Gasteiger partial charge in [-0.15, -0.1) is 11.8 Å². The van der Waals surface area contributed by atoms with Crippen molar-refractivity contribution in [3.05, 3.63) is 67.6 Å². The van der Waals surface area contributed by atoms with E-state index in [0.717, 1.165) is 36.8 Å². The van der Waals surface area contributed by atoms with Gasteiger partial charge in [-0.1, -0.05) is 77.8 Å². The van der Waals surface area contributed by atoms with Gasteiger partial charge in [-0.3, -0.25) is 9.59 Å². The summed E-state index contributed by atoms with van der Waals surface area (Å²) in [6.07, 6.45) is 5.40. The van der Waals surface area contributed by atoms with Crippen LogP contribution in [0.2, 0.25) is 20.1 Å². The van der Waals surface area contributed by atoms with Crippen molar-refractivity contribution in [2.45, 2.75) is 63.4 Å². The highest BCUT2D eigenvalue weighted by Gasteiger charge is 2.28. The van der Waals surface area contributed by atoms with Gasteiger partial charge in [0.1, 0.15) is 6.04 Å². The Bertz CT molecular complexity index is 1010. The van der Waals surface area contributed by atoms with Crippen molar-refractivity contribution in [3.8, 4) is 0 Å². The molecule has 1 N–H and O–H groups in total. The first-order chi connectivity index (χ1) is 16.2. The lowest BCUT2D eigenvalue weighted by atomic mass is 9.95. The minimum atomic E-state index is -0.638. The van der Waals surface area contributed by atoms with E-state index in [0.29, 0.717) is 25.8 Å². The van der Waals surface area contributed by atoms with Gasteiger partial charge in [0.15, 0.2) is 0 Å². The van der Waals surface area contributed by atoms with Crippen molar-refractivity contribution in [2.75, 3.05) is 5.75 Å². The summed E-state index contributed by atoms with van der Waals surface area (Å²) in [4.78, 5) is 27.9. The smallest absolute Gasteiger partial charge is 0.242 e. The summed E-state index contributed by atoms with van der Waals surface area (Å²) in [6.45, 7) is 1.98. The summed E-state index contributed by atoms with van der Waals surface area (Å²) in [5, 5.41) is 5.25. The molecule has 0 saturated heterocycles. The van der Waals surface area contributed by atoms with Crippen LogP contribution in [0.15, 0.2) is 36.4 Å². The van der Waals surface area contributed by atoms with Crippen LogP contribution in [0.25, 0.3) is 0 Å². The Balaban J connectivity index is 1.69. The number of hydrogen-bond donors (Lipinski definition) is 1. The van der Waals surface area contributed by atoms with E-state index < -0.39 is 6.04 Å². The van der Waals surface area contributed by atoms with E-state index in [1.165, 1.54) is 18.2 Å². The molecular formula is C25H28Cl4N2O2S. The zero-order chi connectivity index (χ0) is 24.7. The lowest BCUT2D eigenvalue weighted by molar-refractivity contribution is -0.139. The highest BCUT2D eigenvalue weighted by atomic mass is 35.5. The van der Waals surface area contributed by atoms with Crippen molar-refractivity contribution in [1.82, 2.24) is 10.2 Å². The number of amides is 2. The highest BCUT2D eigenvalue weighted by molar-refractivity contribution is 7.99. The fourth-order valence-corrected chi connectivity index (χ4v) is 5.89. The predicted octanol–water partition coefficient (Wildman–Crippen LogP) is 7.40. The van der Waals surface area contributed by atoms with E-state index in [1.807, 2.05) is 6.07 Å². The van der Waals surface area contributed by atoms with Crippen LogP contribution in [0.1, 0.15) is 50.2 Å². The lowest BCUT2D eigenvalue weighted by Gasteiger charge is -2.31. The molecule has 0 spiro atoms. The van der Waals surface area contributed by atoms with E-state index in [9.17, 15) is 9.59 Å². The molecule has 9 heteroatoms. The van der Waals surface area contributed by atoms with Crippen molar-refractivity contribution in [2.24, 2.45) is 0 Å². The summed E-state index contributed by atoms with van der Waals surface area (Å²) >= 11 is 26.1. The summed E-state index contributed by atoms with van der Waals surface area (Å²) in [7, 11) is 0. The highest BCUT2D eigenvalue weighted by Crippen LogP contribution is 2.27. The summed E-state index contributed by atoms with van der Waals surface area (Å²) in [5.41, 5.74) is 1.64. The Kier molecular flexibility index (Phi) is 10.7. The maximum Gasteiger partial charge on any atom is 0.242 e.